The maximum atomic E-state index is 13.1. The van der Waals surface area contributed by atoms with Gasteiger partial charge in [-0.3, -0.25) is 19.1 Å². The predicted molar refractivity (Wildman–Crippen MR) is 115 cm³/mol. The Morgan fingerprint density at radius 2 is 1.87 bits per heavy atom. The number of hydrogen-bond acceptors (Lipinski definition) is 4. The molecular formula is C23H29N5O3. The number of nitrogens with one attached hydrogen (secondary N) is 2. The summed E-state index contributed by atoms with van der Waals surface area (Å²) in [7, 11) is 1.63. The number of likely N-dealkylation sites (N-methyl/N-ethyl adjacent to an activating group) is 1. The molecule has 0 unspecified atom stereocenters. The van der Waals surface area contributed by atoms with Gasteiger partial charge in [0.1, 0.15) is 11.2 Å². The first-order valence-corrected chi connectivity index (χ1v) is 10.8. The molecule has 2 heterocycles. The minimum Gasteiger partial charge on any atom is -0.351 e. The zero-order chi connectivity index (χ0) is 22.2. The summed E-state index contributed by atoms with van der Waals surface area (Å²) in [6.45, 7) is 3.84. The molecule has 0 radical (unpaired) electrons. The number of amides is 3. The van der Waals surface area contributed by atoms with E-state index < -0.39 is 5.54 Å². The number of benzene rings is 1. The Hall–Kier alpha value is -3.16. The monoisotopic (exact) mass is 423 g/mol. The average Bonchev–Trinajstić information content (AvgIpc) is 3.42. The summed E-state index contributed by atoms with van der Waals surface area (Å²) in [5, 5.41) is 10.4. The van der Waals surface area contributed by atoms with Crippen molar-refractivity contribution in [2.75, 3.05) is 7.05 Å². The average molecular weight is 424 g/mol. The van der Waals surface area contributed by atoms with Crippen LogP contribution in [-0.4, -0.2) is 51.0 Å². The normalized spacial score (nSPS) is 22.2. The minimum absolute atomic E-state index is 0.160. The van der Waals surface area contributed by atoms with E-state index in [1.807, 2.05) is 37.3 Å². The van der Waals surface area contributed by atoms with Crippen LogP contribution in [0.1, 0.15) is 72.1 Å². The first-order chi connectivity index (χ1) is 14.8. The molecule has 1 aromatic heterocycles. The molecule has 4 rings (SSSR count). The quantitative estimate of drug-likeness (QED) is 0.771. The van der Waals surface area contributed by atoms with Crippen LogP contribution in [0.2, 0.25) is 0 Å². The van der Waals surface area contributed by atoms with E-state index in [2.05, 4.69) is 15.7 Å². The smallest absolute Gasteiger partial charge is 0.272 e. The molecule has 3 amide bonds. The van der Waals surface area contributed by atoms with Gasteiger partial charge in [0.15, 0.2) is 5.69 Å². The topological polar surface area (TPSA) is 96.3 Å². The fourth-order valence-electron chi connectivity index (χ4n) is 4.34. The molecule has 1 saturated carbocycles. The number of carbonyl (C=O) groups excluding carboxylic acids is 3. The lowest BCUT2D eigenvalue weighted by Gasteiger charge is -2.41. The van der Waals surface area contributed by atoms with Crippen LogP contribution in [-0.2, 0) is 11.3 Å². The number of carbonyl (C=O) groups is 3. The standard InChI is InChI=1S/C23H29N5O3/c1-15(16-9-5-4-6-10-16)24-20(29)18-13-19-21(30)27(3)23(2,14-28(19)26-18)22(31)25-17-11-7-8-12-17/h4-6,9-10,13,15,17H,7-8,11-12,14H2,1-3H3,(H,24,29)(H,25,31)/t15-,23-/m0/s1. The molecule has 31 heavy (non-hydrogen) atoms. The van der Waals surface area contributed by atoms with Crippen molar-refractivity contribution in [2.24, 2.45) is 0 Å². The molecule has 8 heteroatoms. The molecule has 2 N–H and O–H groups in total. The third kappa shape index (κ3) is 3.94. The number of hydrogen-bond donors (Lipinski definition) is 2. The van der Waals surface area contributed by atoms with Crippen molar-refractivity contribution >= 4 is 17.7 Å². The molecule has 1 aliphatic carbocycles. The summed E-state index contributed by atoms with van der Waals surface area (Å²) in [5.41, 5.74) is 0.391. The van der Waals surface area contributed by atoms with Crippen LogP contribution in [0, 0.1) is 0 Å². The lowest BCUT2D eigenvalue weighted by atomic mass is 9.95. The van der Waals surface area contributed by atoms with Crippen LogP contribution >= 0.6 is 0 Å². The second kappa shape index (κ2) is 8.17. The highest BCUT2D eigenvalue weighted by Gasteiger charge is 2.46. The molecule has 8 nitrogen and oxygen atoms in total. The molecule has 2 atom stereocenters. The van der Waals surface area contributed by atoms with Crippen LogP contribution in [0.3, 0.4) is 0 Å². The first-order valence-electron chi connectivity index (χ1n) is 10.8. The van der Waals surface area contributed by atoms with E-state index in [-0.39, 0.29) is 42.0 Å². The van der Waals surface area contributed by atoms with Gasteiger partial charge in [-0.2, -0.15) is 5.10 Å². The Morgan fingerprint density at radius 3 is 2.55 bits per heavy atom. The van der Waals surface area contributed by atoms with Crippen molar-refractivity contribution in [2.45, 2.75) is 63.7 Å². The van der Waals surface area contributed by atoms with Gasteiger partial charge in [-0.05, 0) is 32.3 Å². The third-order valence-corrected chi connectivity index (χ3v) is 6.56. The summed E-state index contributed by atoms with van der Waals surface area (Å²) in [5.74, 6) is -0.858. The fourth-order valence-corrected chi connectivity index (χ4v) is 4.34. The van der Waals surface area contributed by atoms with Crippen molar-refractivity contribution < 1.29 is 14.4 Å². The van der Waals surface area contributed by atoms with Gasteiger partial charge in [0.05, 0.1) is 12.6 Å². The van der Waals surface area contributed by atoms with E-state index in [1.165, 1.54) is 15.6 Å². The summed E-state index contributed by atoms with van der Waals surface area (Å²) < 4.78 is 1.48. The van der Waals surface area contributed by atoms with Crippen molar-refractivity contribution in [3.63, 3.8) is 0 Å². The summed E-state index contributed by atoms with van der Waals surface area (Å²) >= 11 is 0. The fraction of sp³-hybridized carbons (Fsp3) is 0.478. The number of fused-ring (bicyclic) bond motifs is 1. The summed E-state index contributed by atoms with van der Waals surface area (Å²) in [4.78, 5) is 40.3. The van der Waals surface area contributed by atoms with Crippen LogP contribution in [0.25, 0.3) is 0 Å². The summed E-state index contributed by atoms with van der Waals surface area (Å²) in [6, 6.07) is 11.1. The minimum atomic E-state index is -1.07. The van der Waals surface area contributed by atoms with Crippen molar-refractivity contribution in [3.05, 3.63) is 53.3 Å². The van der Waals surface area contributed by atoms with Gasteiger partial charge in [-0.25, -0.2) is 0 Å². The highest BCUT2D eigenvalue weighted by molar-refractivity contribution is 6.01. The zero-order valence-electron chi connectivity index (χ0n) is 18.2. The lowest BCUT2D eigenvalue weighted by molar-refractivity contribution is -0.133. The van der Waals surface area contributed by atoms with E-state index in [1.54, 1.807) is 14.0 Å². The Bertz CT molecular complexity index is 996. The first kappa shape index (κ1) is 21.1. The SMILES string of the molecule is C[C@H](NC(=O)c1cc2n(n1)C[C@@](C)(C(=O)NC1CCCC1)N(C)C2=O)c1ccccc1. The largest absolute Gasteiger partial charge is 0.351 e. The number of aromatic nitrogens is 2. The van der Waals surface area contributed by atoms with Gasteiger partial charge < -0.3 is 15.5 Å². The van der Waals surface area contributed by atoms with Crippen LogP contribution in [0.5, 0.6) is 0 Å². The van der Waals surface area contributed by atoms with E-state index in [0.29, 0.717) is 5.69 Å². The Labute approximate surface area is 182 Å². The molecule has 2 aliphatic rings. The van der Waals surface area contributed by atoms with E-state index in [0.717, 1.165) is 31.2 Å². The molecule has 1 aliphatic heterocycles. The van der Waals surface area contributed by atoms with E-state index in [4.69, 9.17) is 0 Å². The Balaban J connectivity index is 1.52. The molecule has 1 aromatic carbocycles. The highest BCUT2D eigenvalue weighted by atomic mass is 16.2. The molecule has 164 valence electrons. The van der Waals surface area contributed by atoms with Gasteiger partial charge in [0.25, 0.3) is 11.8 Å². The van der Waals surface area contributed by atoms with Gasteiger partial charge in [0.2, 0.25) is 5.91 Å². The van der Waals surface area contributed by atoms with E-state index in [9.17, 15) is 14.4 Å². The van der Waals surface area contributed by atoms with Crippen LogP contribution in [0.4, 0.5) is 0 Å². The van der Waals surface area contributed by atoms with E-state index >= 15 is 0 Å². The predicted octanol–water partition coefficient (Wildman–Crippen LogP) is 2.28. The van der Waals surface area contributed by atoms with Gasteiger partial charge in [-0.15, -0.1) is 0 Å². The Morgan fingerprint density at radius 1 is 1.19 bits per heavy atom. The van der Waals surface area contributed by atoms with Gasteiger partial charge in [-0.1, -0.05) is 43.2 Å². The number of rotatable bonds is 5. The van der Waals surface area contributed by atoms with Gasteiger partial charge in [0, 0.05) is 19.2 Å². The van der Waals surface area contributed by atoms with Crippen molar-refractivity contribution in [3.8, 4) is 0 Å². The molecular weight excluding hydrogens is 394 g/mol. The van der Waals surface area contributed by atoms with Gasteiger partial charge >= 0.3 is 0 Å². The maximum absolute atomic E-state index is 13.1. The summed E-state index contributed by atoms with van der Waals surface area (Å²) in [6.07, 6.45) is 4.16. The Kier molecular flexibility index (Phi) is 5.56. The number of nitrogens with zero attached hydrogens (tertiary/aromatic N) is 3. The molecule has 0 bridgehead atoms. The molecule has 1 fully saturated rings. The van der Waals surface area contributed by atoms with Crippen molar-refractivity contribution in [1.29, 1.82) is 0 Å². The molecule has 2 aromatic rings. The maximum Gasteiger partial charge on any atom is 0.272 e. The molecule has 0 saturated heterocycles. The zero-order valence-corrected chi connectivity index (χ0v) is 18.2. The van der Waals surface area contributed by atoms with Crippen molar-refractivity contribution in [1.82, 2.24) is 25.3 Å². The second-order valence-corrected chi connectivity index (χ2v) is 8.77. The second-order valence-electron chi connectivity index (χ2n) is 8.77. The third-order valence-electron chi connectivity index (χ3n) is 6.56. The van der Waals surface area contributed by atoms with Crippen LogP contribution in [0.15, 0.2) is 36.4 Å². The van der Waals surface area contributed by atoms with Crippen LogP contribution < -0.4 is 10.6 Å². The molecule has 0 spiro atoms. The lowest BCUT2D eigenvalue weighted by Crippen LogP contribution is -2.63. The highest BCUT2D eigenvalue weighted by Crippen LogP contribution is 2.27.